The van der Waals surface area contributed by atoms with E-state index in [0.717, 1.165) is 12.1 Å². The molecule has 1 atom stereocenters. The molecule has 0 aromatic heterocycles. The minimum Gasteiger partial charge on any atom is -0.465 e. The lowest BCUT2D eigenvalue weighted by atomic mass is 9.70. The summed E-state index contributed by atoms with van der Waals surface area (Å²) in [4.78, 5) is 11.0. The van der Waals surface area contributed by atoms with E-state index in [-0.39, 0.29) is 6.42 Å². The molecule has 0 heterocycles. The molecule has 0 saturated carbocycles. The topological polar surface area (TPSA) is 69.6 Å². The molecule has 0 radical (unpaired) electrons. The van der Waals surface area contributed by atoms with Crippen molar-refractivity contribution in [3.8, 4) is 0 Å². The second-order valence-corrected chi connectivity index (χ2v) is 5.85. The molecule has 6 heteroatoms. The number of carboxylic acid groups (broad SMARTS) is 1. The number of aliphatic hydroxyl groups excluding tert-OH is 1. The van der Waals surface area contributed by atoms with Crippen molar-refractivity contribution in [1.82, 2.24) is 5.32 Å². The zero-order valence-electron chi connectivity index (χ0n) is 11.7. The Bertz CT molecular complexity index is 500. The Morgan fingerprint density at radius 2 is 1.85 bits per heavy atom. The lowest BCUT2D eigenvalue weighted by Crippen LogP contribution is -2.60. The Morgan fingerprint density at radius 1 is 1.25 bits per heavy atom. The summed E-state index contributed by atoms with van der Waals surface area (Å²) in [5, 5.41) is 20.9. The van der Waals surface area contributed by atoms with E-state index in [1.54, 1.807) is 20.8 Å². The van der Waals surface area contributed by atoms with Crippen LogP contribution in [0, 0.1) is 17.0 Å². The lowest BCUT2D eigenvalue weighted by molar-refractivity contribution is 0.0586. The van der Waals surface area contributed by atoms with Crippen LogP contribution in [0.5, 0.6) is 0 Å². The van der Waals surface area contributed by atoms with Crippen molar-refractivity contribution in [3.05, 3.63) is 35.4 Å². The maximum Gasteiger partial charge on any atom is 0.405 e. The number of halogens is 2. The van der Waals surface area contributed by atoms with E-state index in [9.17, 15) is 18.7 Å². The van der Waals surface area contributed by atoms with Crippen molar-refractivity contribution in [2.45, 2.75) is 32.7 Å². The fourth-order valence-corrected chi connectivity index (χ4v) is 2.03. The average molecular weight is 287 g/mol. The molecule has 0 fully saturated rings. The normalized spacial score (nSPS) is 14.7. The number of nitrogens with one attached hydrogen (secondary N) is 1. The molecule has 1 rings (SSSR count). The number of carbonyl (C=O) groups is 1. The number of benzene rings is 1. The van der Waals surface area contributed by atoms with Crippen LogP contribution in [0.25, 0.3) is 0 Å². The predicted molar refractivity (Wildman–Crippen MR) is 70.5 cm³/mol. The van der Waals surface area contributed by atoms with Gasteiger partial charge in [-0.2, -0.15) is 0 Å². The molecule has 3 N–H and O–H groups in total. The summed E-state index contributed by atoms with van der Waals surface area (Å²) in [6.07, 6.45) is -1.23. The van der Waals surface area contributed by atoms with Gasteiger partial charge in [-0.05, 0) is 29.5 Å². The van der Waals surface area contributed by atoms with Crippen LogP contribution in [-0.4, -0.2) is 28.5 Å². The molecule has 4 nitrogen and oxygen atoms in total. The quantitative estimate of drug-likeness (QED) is 0.797. The highest BCUT2D eigenvalue weighted by atomic mass is 19.2. The van der Waals surface area contributed by atoms with Gasteiger partial charge >= 0.3 is 6.09 Å². The summed E-state index contributed by atoms with van der Waals surface area (Å²) in [5.74, 6) is -1.97. The molecule has 0 bridgehead atoms. The summed E-state index contributed by atoms with van der Waals surface area (Å²) in [5.41, 5.74) is -1.41. The molecule has 1 amide bonds. The van der Waals surface area contributed by atoms with Gasteiger partial charge in [-0.1, -0.05) is 26.8 Å². The minimum absolute atomic E-state index is 0.0521. The second kappa shape index (κ2) is 5.75. The van der Waals surface area contributed by atoms with E-state index in [2.05, 4.69) is 5.32 Å². The van der Waals surface area contributed by atoms with E-state index in [0.29, 0.717) is 5.56 Å². The lowest BCUT2D eigenvalue weighted by Gasteiger charge is -2.43. The van der Waals surface area contributed by atoms with Crippen LogP contribution in [0.3, 0.4) is 0 Å². The highest BCUT2D eigenvalue weighted by molar-refractivity contribution is 5.66. The summed E-state index contributed by atoms with van der Waals surface area (Å²) < 4.78 is 26.2. The van der Waals surface area contributed by atoms with Crippen LogP contribution in [0.15, 0.2) is 18.2 Å². The molecular formula is C14H19F2NO3. The fourth-order valence-electron chi connectivity index (χ4n) is 2.03. The monoisotopic (exact) mass is 287 g/mol. The molecule has 20 heavy (non-hydrogen) atoms. The molecule has 0 unspecified atom stereocenters. The molecule has 112 valence electrons. The highest BCUT2D eigenvalue weighted by Crippen LogP contribution is 2.33. The van der Waals surface area contributed by atoms with Crippen LogP contribution in [0.2, 0.25) is 0 Å². The Hall–Kier alpha value is -1.69. The van der Waals surface area contributed by atoms with E-state index >= 15 is 0 Å². The summed E-state index contributed by atoms with van der Waals surface area (Å²) in [6, 6.07) is 3.36. The van der Waals surface area contributed by atoms with Crippen LogP contribution >= 0.6 is 0 Å². The number of rotatable bonds is 4. The van der Waals surface area contributed by atoms with Gasteiger partial charge in [0.25, 0.3) is 0 Å². The molecule has 0 aliphatic rings. The van der Waals surface area contributed by atoms with Crippen molar-refractivity contribution in [1.29, 1.82) is 0 Å². The molecule has 1 aromatic rings. The van der Waals surface area contributed by atoms with Crippen LogP contribution < -0.4 is 5.32 Å². The first-order valence-corrected chi connectivity index (χ1v) is 6.17. The summed E-state index contributed by atoms with van der Waals surface area (Å²) >= 11 is 0. The first-order chi connectivity index (χ1) is 9.11. The second-order valence-electron chi connectivity index (χ2n) is 5.85. The zero-order valence-corrected chi connectivity index (χ0v) is 11.7. The Balaban J connectivity index is 3.17. The van der Waals surface area contributed by atoms with Crippen molar-refractivity contribution >= 4 is 6.09 Å². The molecular weight excluding hydrogens is 268 g/mol. The van der Waals surface area contributed by atoms with Gasteiger partial charge in [-0.3, -0.25) is 0 Å². The highest BCUT2D eigenvalue weighted by Gasteiger charge is 2.43. The SMILES string of the molecule is CC(C)(C)[C@](CO)(Cc1ccc(F)c(F)c1)NC(=O)O. The van der Waals surface area contributed by atoms with Crippen LogP contribution in [0.4, 0.5) is 13.6 Å². The zero-order chi connectivity index (χ0) is 15.6. The van der Waals surface area contributed by atoms with E-state index in [4.69, 9.17) is 5.11 Å². The number of aliphatic hydroxyl groups is 1. The van der Waals surface area contributed by atoms with E-state index < -0.39 is 35.3 Å². The van der Waals surface area contributed by atoms with Gasteiger partial charge in [-0.15, -0.1) is 0 Å². The number of amides is 1. The van der Waals surface area contributed by atoms with Crippen LogP contribution in [-0.2, 0) is 6.42 Å². The maximum absolute atomic E-state index is 13.2. The fraction of sp³-hybridized carbons (Fsp3) is 0.500. The average Bonchev–Trinajstić information content (AvgIpc) is 2.31. The third kappa shape index (κ3) is 3.45. The third-order valence-electron chi connectivity index (χ3n) is 3.54. The summed E-state index contributed by atoms with van der Waals surface area (Å²) in [7, 11) is 0. The first-order valence-electron chi connectivity index (χ1n) is 6.17. The van der Waals surface area contributed by atoms with Gasteiger partial charge in [-0.25, -0.2) is 13.6 Å². The molecule has 0 saturated heterocycles. The molecule has 0 aliphatic heterocycles. The van der Waals surface area contributed by atoms with Crippen molar-refractivity contribution in [3.63, 3.8) is 0 Å². The minimum atomic E-state index is -1.28. The Kier molecular flexibility index (Phi) is 4.70. The maximum atomic E-state index is 13.2. The molecule has 1 aromatic carbocycles. The van der Waals surface area contributed by atoms with Crippen molar-refractivity contribution < 1.29 is 23.8 Å². The van der Waals surface area contributed by atoms with Gasteiger partial charge in [0.15, 0.2) is 11.6 Å². The van der Waals surface area contributed by atoms with Gasteiger partial charge < -0.3 is 15.5 Å². The number of hydrogen-bond donors (Lipinski definition) is 3. The smallest absolute Gasteiger partial charge is 0.405 e. The van der Waals surface area contributed by atoms with Crippen LogP contribution in [0.1, 0.15) is 26.3 Å². The first kappa shape index (κ1) is 16.4. The molecule has 0 spiro atoms. The Labute approximate surface area is 116 Å². The standard InChI is InChI=1S/C14H19F2NO3/c1-13(2,3)14(8-18,17-12(19)20)7-9-4-5-10(15)11(16)6-9/h4-6,17-18H,7-8H2,1-3H3,(H,19,20)/t14-/m1/s1. The van der Waals surface area contributed by atoms with Gasteiger partial charge in [0.2, 0.25) is 0 Å². The summed E-state index contributed by atoms with van der Waals surface area (Å²) in [6.45, 7) is 4.83. The van der Waals surface area contributed by atoms with E-state index in [1.165, 1.54) is 6.07 Å². The predicted octanol–water partition coefficient (Wildman–Crippen LogP) is 2.55. The van der Waals surface area contributed by atoms with Crippen molar-refractivity contribution in [2.24, 2.45) is 5.41 Å². The largest absolute Gasteiger partial charge is 0.465 e. The third-order valence-corrected chi connectivity index (χ3v) is 3.54. The van der Waals surface area contributed by atoms with E-state index in [1.807, 2.05) is 0 Å². The van der Waals surface area contributed by atoms with Crippen molar-refractivity contribution in [2.75, 3.05) is 6.61 Å². The molecule has 0 aliphatic carbocycles. The Morgan fingerprint density at radius 3 is 2.25 bits per heavy atom. The van der Waals surface area contributed by atoms with Gasteiger partial charge in [0.05, 0.1) is 12.1 Å². The van der Waals surface area contributed by atoms with Gasteiger partial charge in [0, 0.05) is 0 Å². The number of hydrogen-bond acceptors (Lipinski definition) is 2. The van der Waals surface area contributed by atoms with Gasteiger partial charge in [0.1, 0.15) is 0 Å².